The lowest BCUT2D eigenvalue weighted by Gasteiger charge is -2.38. The van der Waals surface area contributed by atoms with Gasteiger partial charge in [-0.2, -0.15) is 10.2 Å². The van der Waals surface area contributed by atoms with Gasteiger partial charge in [0, 0.05) is 24.3 Å². The average Bonchev–Trinajstić information content (AvgIpc) is 3.20. The van der Waals surface area contributed by atoms with E-state index in [9.17, 15) is 0 Å². The van der Waals surface area contributed by atoms with Gasteiger partial charge in [-0.3, -0.25) is 9.88 Å². The lowest BCUT2D eigenvalue weighted by molar-refractivity contribution is 0.0621. The smallest absolute Gasteiger partial charge is 0.244 e. The SMILES string of the molecule is C[C@@H]1CCC[C@@H](c2nc(-c3cccc(C#N)c3)no2)N1Cc1ccccn1. The summed E-state index contributed by atoms with van der Waals surface area (Å²) in [5, 5.41) is 13.3. The highest BCUT2D eigenvalue weighted by Gasteiger charge is 2.33. The van der Waals surface area contributed by atoms with Crippen molar-refractivity contribution >= 4 is 0 Å². The van der Waals surface area contributed by atoms with Gasteiger partial charge in [-0.1, -0.05) is 23.4 Å². The number of likely N-dealkylation sites (tertiary alicyclic amines) is 1. The molecule has 0 spiro atoms. The maximum absolute atomic E-state index is 9.10. The second-order valence-corrected chi connectivity index (χ2v) is 6.94. The third-order valence-electron chi connectivity index (χ3n) is 5.11. The number of piperidine rings is 1. The molecule has 2 atom stereocenters. The number of benzene rings is 1. The van der Waals surface area contributed by atoms with Crippen LogP contribution in [-0.2, 0) is 6.54 Å². The summed E-state index contributed by atoms with van der Waals surface area (Å²) in [5.74, 6) is 1.16. The first kappa shape index (κ1) is 17.4. The Bertz CT molecular complexity index is 946. The van der Waals surface area contributed by atoms with E-state index in [1.807, 2.05) is 36.5 Å². The van der Waals surface area contributed by atoms with Gasteiger partial charge in [0.15, 0.2) is 0 Å². The predicted molar refractivity (Wildman–Crippen MR) is 100 cm³/mol. The molecule has 0 radical (unpaired) electrons. The Morgan fingerprint density at radius 3 is 2.96 bits per heavy atom. The van der Waals surface area contributed by atoms with Crippen LogP contribution in [0.1, 0.15) is 49.4 Å². The Labute approximate surface area is 158 Å². The van der Waals surface area contributed by atoms with Crippen molar-refractivity contribution in [2.75, 3.05) is 0 Å². The Hall–Kier alpha value is -3.04. The number of nitriles is 1. The summed E-state index contributed by atoms with van der Waals surface area (Å²) in [6.45, 7) is 3.00. The van der Waals surface area contributed by atoms with Gasteiger partial charge in [0.05, 0.1) is 23.4 Å². The van der Waals surface area contributed by atoms with Crippen LogP contribution in [0.25, 0.3) is 11.4 Å². The molecule has 0 unspecified atom stereocenters. The molecule has 0 bridgehead atoms. The van der Waals surface area contributed by atoms with Crippen molar-refractivity contribution in [3.63, 3.8) is 0 Å². The minimum absolute atomic E-state index is 0.0798. The summed E-state index contributed by atoms with van der Waals surface area (Å²) >= 11 is 0. The number of hydrogen-bond acceptors (Lipinski definition) is 6. The molecule has 0 amide bonds. The van der Waals surface area contributed by atoms with Crippen molar-refractivity contribution in [3.05, 3.63) is 65.8 Å². The van der Waals surface area contributed by atoms with Crippen molar-refractivity contribution in [3.8, 4) is 17.5 Å². The van der Waals surface area contributed by atoms with Crippen molar-refractivity contribution in [1.82, 2.24) is 20.0 Å². The van der Waals surface area contributed by atoms with Gasteiger partial charge in [-0.05, 0) is 50.5 Å². The van der Waals surface area contributed by atoms with Crippen molar-refractivity contribution in [2.45, 2.75) is 44.8 Å². The second kappa shape index (κ2) is 7.68. The predicted octanol–water partition coefficient (Wildman–Crippen LogP) is 4.12. The number of nitrogens with zero attached hydrogens (tertiary/aromatic N) is 5. The monoisotopic (exact) mass is 359 g/mol. The zero-order valence-electron chi connectivity index (χ0n) is 15.2. The van der Waals surface area contributed by atoms with Crippen molar-refractivity contribution in [2.24, 2.45) is 0 Å². The number of rotatable bonds is 4. The Morgan fingerprint density at radius 2 is 2.15 bits per heavy atom. The molecule has 2 aromatic heterocycles. The first-order valence-corrected chi connectivity index (χ1v) is 9.24. The topological polar surface area (TPSA) is 78.8 Å². The number of aromatic nitrogens is 3. The van der Waals surface area contributed by atoms with E-state index in [2.05, 4.69) is 33.0 Å². The van der Waals surface area contributed by atoms with Gasteiger partial charge in [0.2, 0.25) is 11.7 Å². The maximum Gasteiger partial charge on any atom is 0.244 e. The highest BCUT2D eigenvalue weighted by Crippen LogP contribution is 2.35. The normalized spacial score (nSPS) is 20.3. The summed E-state index contributed by atoms with van der Waals surface area (Å²) in [6, 6.07) is 15.9. The molecular weight excluding hydrogens is 338 g/mol. The summed E-state index contributed by atoms with van der Waals surface area (Å²) in [6.07, 6.45) is 5.09. The van der Waals surface area contributed by atoms with Crippen LogP contribution < -0.4 is 0 Å². The highest BCUT2D eigenvalue weighted by molar-refractivity contribution is 5.57. The molecule has 4 rings (SSSR count). The molecule has 0 N–H and O–H groups in total. The molecule has 0 aliphatic carbocycles. The molecular formula is C21H21N5O. The van der Waals surface area contributed by atoms with Gasteiger partial charge < -0.3 is 4.52 Å². The molecule has 1 fully saturated rings. The van der Waals surface area contributed by atoms with Gasteiger partial charge in [-0.25, -0.2) is 0 Å². The fourth-order valence-electron chi connectivity index (χ4n) is 3.67. The van der Waals surface area contributed by atoms with Crippen LogP contribution in [0.15, 0.2) is 53.2 Å². The van der Waals surface area contributed by atoms with E-state index in [1.54, 1.807) is 12.1 Å². The Balaban J connectivity index is 1.60. The Kier molecular flexibility index (Phi) is 4.95. The molecule has 6 heteroatoms. The molecule has 136 valence electrons. The molecule has 1 aliphatic rings. The molecule has 3 aromatic rings. The molecule has 1 aromatic carbocycles. The van der Waals surface area contributed by atoms with E-state index in [0.29, 0.717) is 23.3 Å². The van der Waals surface area contributed by atoms with E-state index in [4.69, 9.17) is 9.78 Å². The van der Waals surface area contributed by atoms with Crippen LogP contribution in [0.2, 0.25) is 0 Å². The summed E-state index contributed by atoms with van der Waals surface area (Å²) in [4.78, 5) is 11.5. The third-order valence-corrected chi connectivity index (χ3v) is 5.11. The largest absolute Gasteiger partial charge is 0.337 e. The van der Waals surface area contributed by atoms with Crippen LogP contribution in [0.4, 0.5) is 0 Å². The van der Waals surface area contributed by atoms with Crippen LogP contribution >= 0.6 is 0 Å². The lowest BCUT2D eigenvalue weighted by atomic mass is 9.96. The molecule has 0 saturated carbocycles. The fourth-order valence-corrected chi connectivity index (χ4v) is 3.67. The van der Waals surface area contributed by atoms with Crippen LogP contribution in [0, 0.1) is 11.3 Å². The van der Waals surface area contributed by atoms with E-state index in [-0.39, 0.29) is 6.04 Å². The van der Waals surface area contributed by atoms with Crippen LogP contribution in [-0.4, -0.2) is 26.1 Å². The highest BCUT2D eigenvalue weighted by atomic mass is 16.5. The molecule has 1 saturated heterocycles. The van der Waals surface area contributed by atoms with Gasteiger partial charge in [0.1, 0.15) is 0 Å². The standard InChI is InChI=1S/C21H21N5O/c1-15-6-4-10-19(26(15)14-18-9-2-3-11-23-18)21-24-20(25-27-21)17-8-5-7-16(12-17)13-22/h2-3,5,7-9,11-12,15,19H,4,6,10,14H2,1H3/t15-,19+/m1/s1. The first-order valence-electron chi connectivity index (χ1n) is 9.24. The fraction of sp³-hybridized carbons (Fsp3) is 0.333. The summed E-state index contributed by atoms with van der Waals surface area (Å²) in [5.41, 5.74) is 2.42. The molecule has 3 heterocycles. The third kappa shape index (κ3) is 3.74. The van der Waals surface area contributed by atoms with Gasteiger partial charge in [0.25, 0.3) is 0 Å². The molecule has 6 nitrogen and oxygen atoms in total. The van der Waals surface area contributed by atoms with Crippen LogP contribution in [0.5, 0.6) is 0 Å². The first-order chi connectivity index (χ1) is 13.2. The minimum Gasteiger partial charge on any atom is -0.337 e. The molecule has 27 heavy (non-hydrogen) atoms. The Morgan fingerprint density at radius 1 is 1.22 bits per heavy atom. The quantitative estimate of drug-likeness (QED) is 0.697. The zero-order valence-corrected chi connectivity index (χ0v) is 15.2. The van der Waals surface area contributed by atoms with E-state index in [0.717, 1.165) is 37.1 Å². The lowest BCUT2D eigenvalue weighted by Crippen LogP contribution is -2.39. The average molecular weight is 359 g/mol. The van der Waals surface area contributed by atoms with Crippen molar-refractivity contribution < 1.29 is 4.52 Å². The van der Waals surface area contributed by atoms with Crippen molar-refractivity contribution in [1.29, 1.82) is 5.26 Å². The summed E-state index contributed by atoms with van der Waals surface area (Å²) < 4.78 is 5.64. The number of pyridine rings is 1. The number of hydrogen-bond donors (Lipinski definition) is 0. The van der Waals surface area contributed by atoms with E-state index >= 15 is 0 Å². The maximum atomic E-state index is 9.10. The van der Waals surface area contributed by atoms with Gasteiger partial charge in [-0.15, -0.1) is 0 Å². The molecule has 1 aliphatic heterocycles. The second-order valence-electron chi connectivity index (χ2n) is 6.94. The van der Waals surface area contributed by atoms with E-state index < -0.39 is 0 Å². The van der Waals surface area contributed by atoms with E-state index in [1.165, 1.54) is 0 Å². The van der Waals surface area contributed by atoms with Crippen LogP contribution in [0.3, 0.4) is 0 Å². The summed E-state index contributed by atoms with van der Waals surface area (Å²) in [7, 11) is 0. The minimum atomic E-state index is 0.0798. The van der Waals surface area contributed by atoms with Gasteiger partial charge >= 0.3 is 0 Å². The zero-order chi connectivity index (χ0) is 18.6.